The number of hydrogen-bond donors (Lipinski definition) is 3. The van der Waals surface area contributed by atoms with Gasteiger partial charge < -0.3 is 9.84 Å². The first-order chi connectivity index (χ1) is 12.2. The van der Waals surface area contributed by atoms with E-state index in [1.165, 1.54) is 12.1 Å². The number of nitrogens with one attached hydrogen (secondary N) is 2. The molecule has 2 heterocycles. The van der Waals surface area contributed by atoms with Crippen LogP contribution in [0.4, 0.5) is 5.69 Å². The fraction of sp³-hybridized carbons (Fsp3) is 0.312. The molecule has 4 unspecified atom stereocenters. The molecule has 0 spiro atoms. The molecule has 1 fully saturated rings. The smallest absolute Gasteiger partial charge is 0.310 e. The predicted octanol–water partition coefficient (Wildman–Crippen LogP) is 0.400. The van der Waals surface area contributed by atoms with Gasteiger partial charge in [0.25, 0.3) is 11.6 Å². The monoisotopic (exact) mass is 361 g/mol. The number of fused-ring (bicyclic) bond motifs is 2. The summed E-state index contributed by atoms with van der Waals surface area (Å²) in [5.41, 5.74) is 3.25. The number of carbonyl (C=O) groups is 3. The third-order valence-electron chi connectivity index (χ3n) is 4.54. The highest BCUT2D eigenvalue weighted by Gasteiger charge is 2.59. The minimum atomic E-state index is -1.16. The van der Waals surface area contributed by atoms with Crippen LogP contribution < -0.4 is 10.9 Å². The Bertz CT molecular complexity index is 820. The Labute approximate surface area is 146 Å². The molecule has 0 aromatic heterocycles. The first kappa shape index (κ1) is 17.5. The predicted molar refractivity (Wildman–Crippen MR) is 85.7 cm³/mol. The molecule has 10 nitrogen and oxygen atoms in total. The molecule has 1 saturated heterocycles. The van der Waals surface area contributed by atoms with E-state index >= 15 is 0 Å². The van der Waals surface area contributed by atoms with E-state index in [2.05, 4.69) is 10.9 Å². The summed E-state index contributed by atoms with van der Waals surface area (Å²) in [5, 5.41) is 20.0. The lowest BCUT2D eigenvalue weighted by Crippen LogP contribution is -2.52. The van der Waals surface area contributed by atoms with Crippen LogP contribution in [0.25, 0.3) is 0 Å². The van der Waals surface area contributed by atoms with Crippen LogP contribution in [0.5, 0.6) is 0 Å². The fourth-order valence-electron chi connectivity index (χ4n) is 3.28. The molecule has 2 bridgehead atoms. The molecule has 136 valence electrons. The van der Waals surface area contributed by atoms with Crippen LogP contribution in [0.15, 0.2) is 36.4 Å². The number of aliphatic carboxylic acids is 1. The van der Waals surface area contributed by atoms with Gasteiger partial charge in [0.05, 0.1) is 22.5 Å². The van der Waals surface area contributed by atoms with E-state index in [0.717, 1.165) is 12.1 Å². The van der Waals surface area contributed by atoms with Crippen molar-refractivity contribution in [2.24, 2.45) is 11.8 Å². The van der Waals surface area contributed by atoms with Gasteiger partial charge in [-0.25, -0.2) is 0 Å². The molecule has 1 aromatic rings. The van der Waals surface area contributed by atoms with Crippen LogP contribution in [0, 0.1) is 22.0 Å². The van der Waals surface area contributed by atoms with Crippen molar-refractivity contribution in [3.05, 3.63) is 52.1 Å². The third kappa shape index (κ3) is 2.90. The molecule has 3 rings (SSSR count). The number of nitro benzene ring substituents is 1. The number of non-ortho nitro benzene ring substituents is 1. The van der Waals surface area contributed by atoms with Gasteiger partial charge >= 0.3 is 5.97 Å². The lowest BCUT2D eigenvalue weighted by Gasteiger charge is -2.27. The average Bonchev–Trinajstić information content (AvgIpc) is 3.12. The molecule has 1 aromatic carbocycles. The van der Waals surface area contributed by atoms with Crippen LogP contribution in [0.1, 0.15) is 17.3 Å². The summed E-state index contributed by atoms with van der Waals surface area (Å²) in [7, 11) is 0. The zero-order valence-corrected chi connectivity index (χ0v) is 13.5. The molecule has 26 heavy (non-hydrogen) atoms. The molecule has 4 atom stereocenters. The largest absolute Gasteiger partial charge is 0.481 e. The first-order valence-corrected chi connectivity index (χ1v) is 7.67. The van der Waals surface area contributed by atoms with Gasteiger partial charge in [-0.05, 0) is 19.1 Å². The van der Waals surface area contributed by atoms with Gasteiger partial charge in [-0.15, -0.1) is 0 Å². The summed E-state index contributed by atoms with van der Waals surface area (Å²) in [6.07, 6.45) is 2.55. The number of carboxylic acids is 1. The van der Waals surface area contributed by atoms with Crippen molar-refractivity contribution < 1.29 is 29.2 Å². The second-order valence-corrected chi connectivity index (χ2v) is 6.21. The van der Waals surface area contributed by atoms with Gasteiger partial charge in [0.15, 0.2) is 0 Å². The Hall–Kier alpha value is -3.27. The average molecular weight is 361 g/mol. The number of benzene rings is 1. The van der Waals surface area contributed by atoms with Crippen LogP contribution in [0.3, 0.4) is 0 Å². The van der Waals surface area contributed by atoms with Crippen LogP contribution >= 0.6 is 0 Å². The van der Waals surface area contributed by atoms with Crippen molar-refractivity contribution in [3.8, 4) is 0 Å². The molecule has 0 radical (unpaired) electrons. The van der Waals surface area contributed by atoms with E-state index < -0.39 is 46.2 Å². The molecular weight excluding hydrogens is 346 g/mol. The van der Waals surface area contributed by atoms with Gasteiger partial charge in [-0.1, -0.05) is 12.2 Å². The Kier molecular flexibility index (Phi) is 4.20. The number of rotatable bonds is 4. The molecule has 2 aliphatic rings. The summed E-state index contributed by atoms with van der Waals surface area (Å²) in [6.45, 7) is 1.61. The van der Waals surface area contributed by atoms with E-state index in [-0.39, 0.29) is 11.3 Å². The lowest BCUT2D eigenvalue weighted by molar-refractivity contribution is -0.384. The second-order valence-electron chi connectivity index (χ2n) is 6.21. The zero-order valence-electron chi connectivity index (χ0n) is 13.5. The SMILES string of the molecule is CC12C=CC(O1)C(C(=O)O)C2C(=O)NNC(=O)c1ccc([N+](=O)[O-])cc1. The molecule has 2 aliphatic heterocycles. The highest BCUT2D eigenvalue weighted by atomic mass is 16.6. The van der Waals surface area contributed by atoms with Crippen molar-refractivity contribution >= 4 is 23.5 Å². The van der Waals surface area contributed by atoms with Gasteiger partial charge in [-0.3, -0.25) is 35.3 Å². The number of nitro groups is 1. The molecular formula is C16H15N3O7. The molecule has 0 aliphatic carbocycles. The van der Waals surface area contributed by atoms with E-state index in [9.17, 15) is 29.6 Å². The maximum atomic E-state index is 12.4. The highest BCUT2D eigenvalue weighted by Crippen LogP contribution is 2.46. The number of nitrogens with zero attached hydrogens (tertiary/aromatic N) is 1. The second kappa shape index (κ2) is 6.23. The Morgan fingerprint density at radius 3 is 2.46 bits per heavy atom. The summed E-state index contributed by atoms with van der Waals surface area (Å²) in [4.78, 5) is 46.0. The Morgan fingerprint density at radius 2 is 1.88 bits per heavy atom. The lowest BCUT2D eigenvalue weighted by atomic mass is 9.76. The summed E-state index contributed by atoms with van der Waals surface area (Å²) < 4.78 is 5.57. The van der Waals surface area contributed by atoms with Gasteiger partial charge in [0, 0.05) is 17.7 Å². The third-order valence-corrected chi connectivity index (χ3v) is 4.54. The van der Waals surface area contributed by atoms with Crippen molar-refractivity contribution in [1.82, 2.24) is 10.9 Å². The minimum Gasteiger partial charge on any atom is -0.481 e. The minimum absolute atomic E-state index is 0.0981. The number of hydrazine groups is 1. The quantitative estimate of drug-likeness (QED) is 0.399. The summed E-state index contributed by atoms with van der Waals surface area (Å²) in [5.74, 6) is -4.61. The molecule has 0 saturated carbocycles. The standard InChI is InChI=1S/C16H15N3O7/c1-16-7-6-10(26-16)11(15(22)23)12(16)14(21)18-17-13(20)8-2-4-9(5-3-8)19(24)25/h2-7,10-12H,1H3,(H,17,20)(H,18,21)(H,22,23). The Balaban J connectivity index is 1.66. The summed E-state index contributed by atoms with van der Waals surface area (Å²) >= 11 is 0. The van der Waals surface area contributed by atoms with Crippen molar-refractivity contribution in [2.75, 3.05) is 0 Å². The van der Waals surface area contributed by atoms with Crippen molar-refractivity contribution in [3.63, 3.8) is 0 Å². The zero-order chi connectivity index (χ0) is 19.1. The Morgan fingerprint density at radius 1 is 1.23 bits per heavy atom. The van der Waals surface area contributed by atoms with E-state index in [0.29, 0.717) is 0 Å². The topological polar surface area (TPSA) is 148 Å². The molecule has 10 heteroatoms. The maximum Gasteiger partial charge on any atom is 0.310 e. The van der Waals surface area contributed by atoms with Gasteiger partial charge in [-0.2, -0.15) is 0 Å². The van der Waals surface area contributed by atoms with Crippen LogP contribution in [-0.4, -0.2) is 39.5 Å². The van der Waals surface area contributed by atoms with E-state index in [4.69, 9.17) is 4.74 Å². The number of hydrogen-bond acceptors (Lipinski definition) is 6. The van der Waals surface area contributed by atoms with E-state index in [1.807, 2.05) is 0 Å². The van der Waals surface area contributed by atoms with Gasteiger partial charge in [0.1, 0.15) is 5.92 Å². The van der Waals surface area contributed by atoms with E-state index in [1.54, 1.807) is 19.1 Å². The maximum absolute atomic E-state index is 12.4. The number of amides is 2. The van der Waals surface area contributed by atoms with Crippen molar-refractivity contribution in [1.29, 1.82) is 0 Å². The van der Waals surface area contributed by atoms with Crippen LogP contribution in [-0.2, 0) is 14.3 Å². The van der Waals surface area contributed by atoms with Crippen molar-refractivity contribution in [2.45, 2.75) is 18.6 Å². The molecule has 2 amide bonds. The highest BCUT2D eigenvalue weighted by molar-refractivity contribution is 5.96. The summed E-state index contributed by atoms with van der Waals surface area (Å²) in [6, 6.07) is 4.80. The van der Waals surface area contributed by atoms with Crippen LogP contribution in [0.2, 0.25) is 0 Å². The molecule has 3 N–H and O–H groups in total. The normalized spacial score (nSPS) is 28.6. The fourth-order valence-corrected chi connectivity index (χ4v) is 3.28. The van der Waals surface area contributed by atoms with Gasteiger partial charge in [0.2, 0.25) is 5.91 Å². The number of carbonyl (C=O) groups excluding carboxylic acids is 2. The number of ether oxygens (including phenoxy) is 1. The first-order valence-electron chi connectivity index (χ1n) is 7.67. The number of carboxylic acid groups (broad SMARTS) is 1.